The minimum atomic E-state index is -0.0699. The van der Waals surface area contributed by atoms with Crippen molar-refractivity contribution in [3.05, 3.63) is 137 Å². The largest absolute Gasteiger partial charge is 0.352 e. The molecule has 1 N–H and O–H groups in total. The molecule has 178 valence electrons. The van der Waals surface area contributed by atoms with Crippen LogP contribution in [0.3, 0.4) is 0 Å². The van der Waals surface area contributed by atoms with Crippen LogP contribution in [0.15, 0.2) is 109 Å². The van der Waals surface area contributed by atoms with Gasteiger partial charge in [0.2, 0.25) is 0 Å². The van der Waals surface area contributed by atoms with Crippen molar-refractivity contribution in [2.45, 2.75) is 26.2 Å². The number of carbonyl (C=O) groups excluding carboxylic acids is 1. The van der Waals surface area contributed by atoms with Crippen LogP contribution in [0.25, 0.3) is 22.2 Å². The van der Waals surface area contributed by atoms with Crippen LogP contribution in [0.5, 0.6) is 0 Å². The van der Waals surface area contributed by atoms with Gasteiger partial charge in [0.25, 0.3) is 5.91 Å². The van der Waals surface area contributed by atoms with Gasteiger partial charge in [0.1, 0.15) is 0 Å². The van der Waals surface area contributed by atoms with Gasteiger partial charge in [-0.25, -0.2) is 4.98 Å². The molecule has 0 unspecified atom stereocenters. The van der Waals surface area contributed by atoms with Gasteiger partial charge < -0.3 is 5.32 Å². The molecule has 0 atom stereocenters. The van der Waals surface area contributed by atoms with Crippen LogP contribution in [0.2, 0.25) is 0 Å². The quantitative estimate of drug-likeness (QED) is 0.268. The van der Waals surface area contributed by atoms with Gasteiger partial charge in [-0.1, -0.05) is 103 Å². The maximum absolute atomic E-state index is 13.5. The van der Waals surface area contributed by atoms with Crippen molar-refractivity contribution < 1.29 is 4.79 Å². The predicted molar refractivity (Wildman–Crippen MR) is 148 cm³/mol. The van der Waals surface area contributed by atoms with Crippen molar-refractivity contribution in [1.82, 2.24) is 10.3 Å². The highest BCUT2D eigenvalue weighted by Gasteiger charge is 2.17. The first-order valence-corrected chi connectivity index (χ1v) is 12.5. The Balaban J connectivity index is 1.42. The van der Waals surface area contributed by atoms with E-state index in [9.17, 15) is 4.79 Å². The molecule has 0 aliphatic heterocycles. The van der Waals surface area contributed by atoms with Gasteiger partial charge in [-0.15, -0.1) is 0 Å². The van der Waals surface area contributed by atoms with Gasteiger partial charge in [0.15, 0.2) is 0 Å². The maximum Gasteiger partial charge on any atom is 0.252 e. The summed E-state index contributed by atoms with van der Waals surface area (Å²) in [6, 6.07) is 37.1. The summed E-state index contributed by atoms with van der Waals surface area (Å²) in [6.45, 7) is 4.75. The molecule has 0 saturated heterocycles. The first-order chi connectivity index (χ1) is 17.6. The summed E-state index contributed by atoms with van der Waals surface area (Å²) in [4.78, 5) is 18.4. The van der Waals surface area contributed by atoms with E-state index in [1.165, 1.54) is 16.7 Å². The van der Waals surface area contributed by atoms with Crippen LogP contribution in [0, 0.1) is 13.8 Å². The molecule has 3 nitrogen and oxygen atoms in total. The number of hydrogen-bond acceptors (Lipinski definition) is 2. The van der Waals surface area contributed by atoms with E-state index in [0.29, 0.717) is 12.1 Å². The van der Waals surface area contributed by atoms with E-state index < -0.39 is 0 Å². The molecule has 1 heterocycles. The molecule has 36 heavy (non-hydrogen) atoms. The van der Waals surface area contributed by atoms with Crippen LogP contribution < -0.4 is 5.32 Å². The second-order valence-electron chi connectivity index (χ2n) is 9.31. The lowest BCUT2D eigenvalue weighted by Crippen LogP contribution is -2.26. The number of aryl methyl sites for hydroxylation is 2. The van der Waals surface area contributed by atoms with E-state index in [2.05, 4.69) is 85.9 Å². The monoisotopic (exact) mass is 470 g/mol. The molecule has 1 aromatic heterocycles. The number of amides is 1. The molecular formula is C33H30N2O. The number of benzene rings is 4. The van der Waals surface area contributed by atoms with Crippen molar-refractivity contribution in [1.29, 1.82) is 0 Å². The van der Waals surface area contributed by atoms with Gasteiger partial charge in [-0.2, -0.15) is 0 Å². The zero-order chi connectivity index (χ0) is 24.9. The standard InChI is InChI=1S/C33H30N2O/c1-23-17-18-27(24(2)21-23)32-22-30(29-15-9-10-16-31(29)35-32)33(36)34-20-19-28(25-11-5-3-6-12-25)26-13-7-4-8-14-26/h3-18,21-22,28H,19-20H2,1-2H3,(H,34,36). The van der Waals surface area contributed by atoms with Crippen molar-refractivity contribution in [2.24, 2.45) is 0 Å². The van der Waals surface area contributed by atoms with Crippen LogP contribution in [-0.2, 0) is 0 Å². The van der Waals surface area contributed by atoms with Crippen LogP contribution in [-0.4, -0.2) is 17.4 Å². The highest BCUT2D eigenvalue weighted by molar-refractivity contribution is 6.07. The van der Waals surface area contributed by atoms with Gasteiger partial charge >= 0.3 is 0 Å². The predicted octanol–water partition coefficient (Wildman–Crippen LogP) is 7.47. The Morgan fingerprint density at radius 2 is 1.42 bits per heavy atom. The molecule has 0 aliphatic rings. The van der Waals surface area contributed by atoms with E-state index in [-0.39, 0.29) is 11.8 Å². The first kappa shape index (κ1) is 23.5. The van der Waals surface area contributed by atoms with Gasteiger partial charge in [-0.3, -0.25) is 4.79 Å². The van der Waals surface area contributed by atoms with Gasteiger partial charge in [0, 0.05) is 23.4 Å². The lowest BCUT2D eigenvalue weighted by Gasteiger charge is -2.19. The highest BCUT2D eigenvalue weighted by Crippen LogP contribution is 2.29. The average molecular weight is 471 g/mol. The summed E-state index contributed by atoms with van der Waals surface area (Å²) in [7, 11) is 0. The summed E-state index contributed by atoms with van der Waals surface area (Å²) < 4.78 is 0. The second kappa shape index (κ2) is 10.6. The third-order valence-electron chi connectivity index (χ3n) is 6.74. The Morgan fingerprint density at radius 3 is 2.08 bits per heavy atom. The van der Waals surface area contributed by atoms with E-state index in [1.54, 1.807) is 0 Å². The Bertz CT molecular complexity index is 1450. The third-order valence-corrected chi connectivity index (χ3v) is 6.74. The number of pyridine rings is 1. The number of fused-ring (bicyclic) bond motifs is 1. The molecule has 0 aliphatic carbocycles. The van der Waals surface area contributed by atoms with E-state index in [1.807, 2.05) is 42.5 Å². The molecule has 0 radical (unpaired) electrons. The van der Waals surface area contributed by atoms with E-state index in [0.717, 1.165) is 34.1 Å². The Morgan fingerprint density at radius 1 is 0.778 bits per heavy atom. The fourth-order valence-corrected chi connectivity index (χ4v) is 4.92. The minimum absolute atomic E-state index is 0.0699. The number of rotatable bonds is 7. The summed E-state index contributed by atoms with van der Waals surface area (Å²) in [6.07, 6.45) is 0.812. The van der Waals surface area contributed by atoms with Gasteiger partial charge in [0.05, 0.1) is 16.8 Å². The molecule has 5 rings (SSSR count). The molecule has 0 saturated carbocycles. The minimum Gasteiger partial charge on any atom is -0.352 e. The fourth-order valence-electron chi connectivity index (χ4n) is 4.92. The number of carbonyl (C=O) groups is 1. The van der Waals surface area contributed by atoms with Crippen molar-refractivity contribution in [3.8, 4) is 11.3 Å². The number of aromatic nitrogens is 1. The smallest absolute Gasteiger partial charge is 0.252 e. The Kier molecular flexibility index (Phi) is 6.90. The zero-order valence-corrected chi connectivity index (χ0v) is 20.7. The summed E-state index contributed by atoms with van der Waals surface area (Å²) in [5.74, 6) is 0.146. The average Bonchev–Trinajstić information content (AvgIpc) is 2.91. The van der Waals surface area contributed by atoms with Crippen molar-refractivity contribution in [3.63, 3.8) is 0 Å². The van der Waals surface area contributed by atoms with E-state index in [4.69, 9.17) is 4.98 Å². The number of para-hydroxylation sites is 1. The normalized spacial score (nSPS) is 11.1. The molecule has 5 aromatic rings. The zero-order valence-electron chi connectivity index (χ0n) is 20.7. The van der Waals surface area contributed by atoms with Crippen LogP contribution >= 0.6 is 0 Å². The first-order valence-electron chi connectivity index (χ1n) is 12.5. The van der Waals surface area contributed by atoms with Crippen LogP contribution in [0.4, 0.5) is 0 Å². The lowest BCUT2D eigenvalue weighted by atomic mass is 9.88. The molecular weight excluding hydrogens is 440 g/mol. The van der Waals surface area contributed by atoms with E-state index >= 15 is 0 Å². The van der Waals surface area contributed by atoms with Crippen LogP contribution in [0.1, 0.15) is 45.0 Å². The SMILES string of the molecule is Cc1ccc(-c2cc(C(=O)NCCC(c3ccccc3)c3ccccc3)c3ccccc3n2)c(C)c1. The fraction of sp³-hybridized carbons (Fsp3) is 0.152. The van der Waals surface area contributed by atoms with Crippen molar-refractivity contribution >= 4 is 16.8 Å². The molecule has 0 spiro atoms. The summed E-state index contributed by atoms with van der Waals surface area (Å²) in [5, 5.41) is 4.06. The second-order valence-corrected chi connectivity index (χ2v) is 9.31. The maximum atomic E-state index is 13.5. The molecule has 3 heteroatoms. The molecule has 0 fully saturated rings. The number of hydrogen-bond donors (Lipinski definition) is 1. The highest BCUT2D eigenvalue weighted by atomic mass is 16.1. The van der Waals surface area contributed by atoms with Gasteiger partial charge in [-0.05, 0) is 49.1 Å². The topological polar surface area (TPSA) is 42.0 Å². The van der Waals surface area contributed by atoms with Crippen molar-refractivity contribution in [2.75, 3.05) is 6.54 Å². The molecule has 1 amide bonds. The summed E-state index contributed by atoms with van der Waals surface area (Å²) >= 11 is 0. The number of nitrogens with zero attached hydrogens (tertiary/aromatic N) is 1. The molecule has 4 aromatic carbocycles. The molecule has 0 bridgehead atoms. The lowest BCUT2D eigenvalue weighted by molar-refractivity contribution is 0.0954. The third kappa shape index (κ3) is 5.06. The Hall–Kier alpha value is -4.24. The number of nitrogens with one attached hydrogen (secondary N) is 1. The Labute approximate surface area is 212 Å². The summed E-state index contributed by atoms with van der Waals surface area (Å²) in [5.41, 5.74) is 8.22.